The van der Waals surface area contributed by atoms with Crippen molar-refractivity contribution in [2.24, 2.45) is 0 Å². The molecule has 0 bridgehead atoms. The lowest BCUT2D eigenvalue weighted by atomic mass is 10.3. The fourth-order valence-corrected chi connectivity index (χ4v) is 1.48. The van der Waals surface area contributed by atoms with Crippen molar-refractivity contribution in [2.75, 3.05) is 6.61 Å². The molecule has 0 amide bonds. The molecule has 0 atom stereocenters. The normalized spacial score (nSPS) is 10.1. The highest BCUT2D eigenvalue weighted by atomic mass is 35.5. The lowest BCUT2D eigenvalue weighted by Gasteiger charge is -2.07. The Labute approximate surface area is 118 Å². The number of pyridine rings is 1. The van der Waals surface area contributed by atoms with Crippen LogP contribution in [-0.2, 0) is 4.79 Å². The van der Waals surface area contributed by atoms with Gasteiger partial charge in [0.25, 0.3) is 5.88 Å². The molecule has 0 aliphatic rings. The molecule has 1 heterocycles. The standard InChI is InChI=1S/C13H9ClFNO4/c14-8-5-11(15)13(16-6-8)20-10-3-1-9(2-4-10)19-7-12(17)18/h1-6H,7H2,(H,17,18). The van der Waals surface area contributed by atoms with Crippen molar-refractivity contribution >= 4 is 17.6 Å². The summed E-state index contributed by atoms with van der Waals surface area (Å²) in [5.41, 5.74) is 0. The van der Waals surface area contributed by atoms with Crippen molar-refractivity contribution in [1.82, 2.24) is 4.98 Å². The van der Waals surface area contributed by atoms with E-state index in [2.05, 4.69) is 4.98 Å². The highest BCUT2D eigenvalue weighted by Crippen LogP contribution is 2.25. The summed E-state index contributed by atoms with van der Waals surface area (Å²) >= 11 is 5.58. The zero-order chi connectivity index (χ0) is 14.5. The number of halogens is 2. The Morgan fingerprint density at radius 3 is 2.55 bits per heavy atom. The van der Waals surface area contributed by atoms with Crippen molar-refractivity contribution in [1.29, 1.82) is 0 Å². The molecular formula is C13H9ClFNO4. The quantitative estimate of drug-likeness (QED) is 0.918. The summed E-state index contributed by atoms with van der Waals surface area (Å²) < 4.78 is 23.6. The van der Waals surface area contributed by atoms with Gasteiger partial charge in [-0.05, 0) is 30.3 Å². The number of rotatable bonds is 5. The third-order valence-corrected chi connectivity index (χ3v) is 2.38. The van der Waals surface area contributed by atoms with Gasteiger partial charge in [0.1, 0.15) is 11.5 Å². The van der Waals surface area contributed by atoms with E-state index in [1.807, 2.05) is 0 Å². The first-order chi connectivity index (χ1) is 9.54. The molecule has 5 nitrogen and oxygen atoms in total. The van der Waals surface area contributed by atoms with Gasteiger partial charge in [0.05, 0.1) is 5.02 Å². The smallest absolute Gasteiger partial charge is 0.341 e. The molecule has 1 aromatic heterocycles. The van der Waals surface area contributed by atoms with Crippen LogP contribution in [0.5, 0.6) is 17.4 Å². The van der Waals surface area contributed by atoms with Crippen LogP contribution < -0.4 is 9.47 Å². The Bertz CT molecular complexity index is 618. The van der Waals surface area contributed by atoms with Crippen LogP contribution in [0, 0.1) is 5.82 Å². The number of benzene rings is 1. The summed E-state index contributed by atoms with van der Waals surface area (Å²) in [7, 11) is 0. The highest BCUT2D eigenvalue weighted by molar-refractivity contribution is 6.30. The minimum atomic E-state index is -1.07. The number of carboxylic acids is 1. The van der Waals surface area contributed by atoms with E-state index in [1.165, 1.54) is 30.5 Å². The van der Waals surface area contributed by atoms with E-state index in [4.69, 9.17) is 26.2 Å². The number of aliphatic carboxylic acids is 1. The average molecular weight is 298 g/mol. The van der Waals surface area contributed by atoms with E-state index >= 15 is 0 Å². The summed E-state index contributed by atoms with van der Waals surface area (Å²) in [5.74, 6) is -1.25. The van der Waals surface area contributed by atoms with E-state index in [9.17, 15) is 9.18 Å². The van der Waals surface area contributed by atoms with Crippen LogP contribution >= 0.6 is 11.6 Å². The highest BCUT2D eigenvalue weighted by Gasteiger charge is 2.07. The average Bonchev–Trinajstić information content (AvgIpc) is 2.41. The fourth-order valence-electron chi connectivity index (χ4n) is 1.34. The number of hydrogen-bond acceptors (Lipinski definition) is 4. The molecule has 0 spiro atoms. The van der Waals surface area contributed by atoms with Crippen molar-refractivity contribution in [3.05, 3.63) is 47.4 Å². The minimum Gasteiger partial charge on any atom is -0.482 e. The third kappa shape index (κ3) is 3.83. The molecule has 104 valence electrons. The summed E-state index contributed by atoms with van der Waals surface area (Å²) in [6.45, 7) is -0.437. The molecule has 1 N–H and O–H groups in total. The molecule has 0 saturated carbocycles. The fraction of sp³-hybridized carbons (Fsp3) is 0.0769. The van der Waals surface area contributed by atoms with Crippen LogP contribution in [-0.4, -0.2) is 22.7 Å². The molecule has 7 heteroatoms. The molecular weight excluding hydrogens is 289 g/mol. The first-order valence-electron chi connectivity index (χ1n) is 5.48. The van der Waals surface area contributed by atoms with Crippen molar-refractivity contribution in [3.8, 4) is 17.4 Å². The van der Waals surface area contributed by atoms with Crippen LogP contribution in [0.25, 0.3) is 0 Å². The molecule has 0 fully saturated rings. The first kappa shape index (κ1) is 14.1. The molecule has 1 aromatic carbocycles. The second-order valence-corrected chi connectivity index (χ2v) is 4.13. The van der Waals surface area contributed by atoms with Gasteiger partial charge in [-0.25, -0.2) is 14.2 Å². The van der Waals surface area contributed by atoms with Crippen LogP contribution in [0.15, 0.2) is 36.5 Å². The maximum absolute atomic E-state index is 13.5. The Kier molecular flexibility index (Phi) is 4.37. The Hall–Kier alpha value is -2.34. The van der Waals surface area contributed by atoms with Gasteiger partial charge in [0.15, 0.2) is 12.4 Å². The third-order valence-electron chi connectivity index (χ3n) is 2.17. The SMILES string of the molecule is O=C(O)COc1ccc(Oc2ncc(Cl)cc2F)cc1. The van der Waals surface area contributed by atoms with Crippen molar-refractivity contribution in [3.63, 3.8) is 0 Å². The predicted octanol–water partition coefficient (Wildman–Crippen LogP) is 3.13. The Balaban J connectivity index is 2.05. The second-order valence-electron chi connectivity index (χ2n) is 3.70. The number of carboxylic acid groups (broad SMARTS) is 1. The minimum absolute atomic E-state index is 0.173. The first-order valence-corrected chi connectivity index (χ1v) is 5.86. The molecule has 20 heavy (non-hydrogen) atoms. The number of ether oxygens (including phenoxy) is 2. The van der Waals surface area contributed by atoms with Gasteiger partial charge in [0, 0.05) is 6.20 Å². The largest absolute Gasteiger partial charge is 0.482 e. The van der Waals surface area contributed by atoms with Gasteiger partial charge in [-0.15, -0.1) is 0 Å². The van der Waals surface area contributed by atoms with Crippen LogP contribution in [0.2, 0.25) is 5.02 Å². The Morgan fingerprint density at radius 1 is 1.30 bits per heavy atom. The summed E-state index contributed by atoms with van der Waals surface area (Å²) in [5, 5.41) is 8.64. The van der Waals surface area contributed by atoms with Crippen LogP contribution in [0.3, 0.4) is 0 Å². The van der Waals surface area contributed by atoms with Gasteiger partial charge in [-0.3, -0.25) is 0 Å². The predicted molar refractivity (Wildman–Crippen MR) is 68.9 cm³/mol. The van der Waals surface area contributed by atoms with Gasteiger partial charge in [0.2, 0.25) is 0 Å². The van der Waals surface area contributed by atoms with Gasteiger partial charge in [-0.2, -0.15) is 0 Å². The molecule has 0 aliphatic heterocycles. The van der Waals surface area contributed by atoms with Gasteiger partial charge >= 0.3 is 5.97 Å². The van der Waals surface area contributed by atoms with Crippen LogP contribution in [0.4, 0.5) is 4.39 Å². The molecule has 0 saturated heterocycles. The number of carbonyl (C=O) groups is 1. The van der Waals surface area contributed by atoms with Gasteiger partial charge < -0.3 is 14.6 Å². The van der Waals surface area contributed by atoms with E-state index in [0.29, 0.717) is 11.5 Å². The molecule has 2 rings (SSSR count). The van der Waals surface area contributed by atoms with Gasteiger partial charge in [-0.1, -0.05) is 11.6 Å². The van der Waals surface area contributed by atoms with E-state index in [-0.39, 0.29) is 10.9 Å². The summed E-state index contributed by atoms with van der Waals surface area (Å²) in [4.78, 5) is 14.1. The topological polar surface area (TPSA) is 68.7 Å². The molecule has 0 radical (unpaired) electrons. The van der Waals surface area contributed by atoms with Crippen molar-refractivity contribution < 1.29 is 23.8 Å². The van der Waals surface area contributed by atoms with E-state index in [1.54, 1.807) is 0 Å². The summed E-state index contributed by atoms with van der Waals surface area (Å²) in [6, 6.07) is 7.12. The molecule has 2 aromatic rings. The maximum Gasteiger partial charge on any atom is 0.341 e. The number of hydrogen-bond donors (Lipinski definition) is 1. The lowest BCUT2D eigenvalue weighted by molar-refractivity contribution is -0.139. The lowest BCUT2D eigenvalue weighted by Crippen LogP contribution is -2.09. The molecule has 0 aliphatic carbocycles. The number of nitrogens with zero attached hydrogens (tertiary/aromatic N) is 1. The van der Waals surface area contributed by atoms with E-state index < -0.39 is 18.4 Å². The van der Waals surface area contributed by atoms with Crippen LogP contribution in [0.1, 0.15) is 0 Å². The van der Waals surface area contributed by atoms with Crippen molar-refractivity contribution in [2.45, 2.75) is 0 Å². The summed E-state index contributed by atoms with van der Waals surface area (Å²) in [6.07, 6.45) is 1.27. The molecule has 0 unspecified atom stereocenters. The Morgan fingerprint density at radius 2 is 1.95 bits per heavy atom. The van der Waals surface area contributed by atoms with E-state index in [0.717, 1.165) is 6.07 Å². The zero-order valence-corrected chi connectivity index (χ0v) is 10.8. The second kappa shape index (κ2) is 6.21. The maximum atomic E-state index is 13.5. The zero-order valence-electron chi connectivity index (χ0n) is 10.0. The number of aromatic nitrogens is 1. The monoisotopic (exact) mass is 297 g/mol.